The van der Waals surface area contributed by atoms with Gasteiger partial charge in [-0.25, -0.2) is 9.97 Å². The summed E-state index contributed by atoms with van der Waals surface area (Å²) in [4.78, 5) is 22.8. The van der Waals surface area contributed by atoms with Gasteiger partial charge in [0.15, 0.2) is 0 Å². The number of carbonyl (C=O) groups excluding carboxylic acids is 1. The largest absolute Gasteiger partial charge is 0.311 e. The molecule has 6 heteroatoms. The van der Waals surface area contributed by atoms with E-state index in [0.717, 1.165) is 16.4 Å². The molecule has 5 nitrogen and oxygen atoms in total. The van der Waals surface area contributed by atoms with Gasteiger partial charge in [0.1, 0.15) is 10.9 Å². The SMILES string of the molecule is Cc1cc(SCC(=O)N(CCC#N)c2ccccc2)nc(C)n1. The monoisotopic (exact) mass is 326 g/mol. The van der Waals surface area contributed by atoms with E-state index < -0.39 is 0 Å². The Hall–Kier alpha value is -2.39. The topological polar surface area (TPSA) is 69.9 Å². The summed E-state index contributed by atoms with van der Waals surface area (Å²) in [6.07, 6.45) is 0.303. The standard InChI is InChI=1S/C17H18N4OS/c1-13-11-16(20-14(2)19-13)23-12-17(22)21(10-6-9-18)15-7-4-3-5-8-15/h3-5,7-8,11H,6,10,12H2,1-2H3. The number of nitrogens with zero attached hydrogens (tertiary/aromatic N) is 4. The van der Waals surface area contributed by atoms with E-state index in [9.17, 15) is 4.79 Å². The first-order valence-electron chi connectivity index (χ1n) is 7.27. The van der Waals surface area contributed by atoms with Crippen molar-refractivity contribution in [1.82, 2.24) is 9.97 Å². The zero-order valence-corrected chi connectivity index (χ0v) is 14.0. The molecular formula is C17H18N4OS. The molecule has 0 radical (unpaired) electrons. The van der Waals surface area contributed by atoms with E-state index >= 15 is 0 Å². The lowest BCUT2D eigenvalue weighted by Gasteiger charge is -2.21. The molecule has 0 atom stereocenters. The number of carbonyl (C=O) groups is 1. The number of amides is 1. The van der Waals surface area contributed by atoms with E-state index in [1.165, 1.54) is 11.8 Å². The van der Waals surface area contributed by atoms with E-state index in [2.05, 4.69) is 16.0 Å². The number of anilines is 1. The van der Waals surface area contributed by atoms with Crippen molar-refractivity contribution in [1.29, 1.82) is 5.26 Å². The van der Waals surface area contributed by atoms with Gasteiger partial charge in [0.2, 0.25) is 5.91 Å². The third-order valence-electron chi connectivity index (χ3n) is 3.10. The molecular weight excluding hydrogens is 308 g/mol. The van der Waals surface area contributed by atoms with Gasteiger partial charge < -0.3 is 4.90 Å². The van der Waals surface area contributed by atoms with Crippen LogP contribution < -0.4 is 4.90 Å². The number of nitriles is 1. The van der Waals surface area contributed by atoms with Crippen LogP contribution in [0.4, 0.5) is 5.69 Å². The Labute approximate surface area is 140 Å². The first-order chi connectivity index (χ1) is 11.1. The number of benzene rings is 1. The molecule has 0 aliphatic carbocycles. The molecule has 0 spiro atoms. The van der Waals surface area contributed by atoms with Gasteiger partial charge in [0, 0.05) is 17.9 Å². The lowest BCUT2D eigenvalue weighted by molar-refractivity contribution is -0.116. The highest BCUT2D eigenvalue weighted by Crippen LogP contribution is 2.20. The molecule has 0 N–H and O–H groups in total. The van der Waals surface area contributed by atoms with Gasteiger partial charge in [-0.15, -0.1) is 0 Å². The minimum atomic E-state index is -0.0367. The Morgan fingerprint density at radius 3 is 2.65 bits per heavy atom. The number of hydrogen-bond donors (Lipinski definition) is 0. The normalized spacial score (nSPS) is 10.1. The van der Waals surface area contributed by atoms with Crippen LogP contribution in [0.15, 0.2) is 41.4 Å². The number of hydrogen-bond acceptors (Lipinski definition) is 5. The van der Waals surface area contributed by atoms with Crippen LogP contribution in [0.1, 0.15) is 17.9 Å². The van der Waals surface area contributed by atoms with Crippen LogP contribution in [-0.4, -0.2) is 28.2 Å². The van der Waals surface area contributed by atoms with Crippen molar-refractivity contribution in [2.45, 2.75) is 25.3 Å². The Bertz CT molecular complexity index is 692. The summed E-state index contributed by atoms with van der Waals surface area (Å²) in [7, 11) is 0. The van der Waals surface area contributed by atoms with Gasteiger partial charge in [-0.3, -0.25) is 4.79 Å². The summed E-state index contributed by atoms with van der Waals surface area (Å²) >= 11 is 1.39. The smallest absolute Gasteiger partial charge is 0.237 e. The van der Waals surface area contributed by atoms with E-state index in [-0.39, 0.29) is 11.7 Å². The molecule has 0 saturated heterocycles. The summed E-state index contributed by atoms with van der Waals surface area (Å²) in [6, 6.07) is 13.4. The van der Waals surface area contributed by atoms with Gasteiger partial charge in [0.05, 0.1) is 18.2 Å². The predicted molar refractivity (Wildman–Crippen MR) is 91.3 cm³/mol. The number of para-hydroxylation sites is 1. The van der Waals surface area contributed by atoms with Crippen molar-refractivity contribution < 1.29 is 4.79 Å². The van der Waals surface area contributed by atoms with E-state index in [4.69, 9.17) is 5.26 Å². The molecule has 0 fully saturated rings. The zero-order chi connectivity index (χ0) is 16.7. The number of thioether (sulfide) groups is 1. The number of aryl methyl sites for hydroxylation is 2. The second-order valence-electron chi connectivity index (χ2n) is 4.97. The third-order valence-corrected chi connectivity index (χ3v) is 4.00. The van der Waals surface area contributed by atoms with Crippen molar-refractivity contribution >= 4 is 23.4 Å². The van der Waals surface area contributed by atoms with E-state index in [1.54, 1.807) is 4.90 Å². The Morgan fingerprint density at radius 1 is 1.26 bits per heavy atom. The maximum Gasteiger partial charge on any atom is 0.237 e. The summed E-state index contributed by atoms with van der Waals surface area (Å²) in [5.41, 5.74) is 1.69. The third kappa shape index (κ3) is 5.08. The van der Waals surface area contributed by atoms with Gasteiger partial charge in [0.25, 0.3) is 0 Å². The van der Waals surface area contributed by atoms with Crippen molar-refractivity contribution in [3.63, 3.8) is 0 Å². The Balaban J connectivity index is 2.07. The van der Waals surface area contributed by atoms with Crippen LogP contribution in [0, 0.1) is 25.2 Å². The second-order valence-corrected chi connectivity index (χ2v) is 5.97. The molecule has 0 saturated carbocycles. The summed E-state index contributed by atoms with van der Waals surface area (Å²) in [6.45, 7) is 4.13. The molecule has 0 aliphatic rings. The van der Waals surface area contributed by atoms with Crippen LogP contribution in [-0.2, 0) is 4.79 Å². The second kappa shape index (κ2) is 8.30. The highest BCUT2D eigenvalue weighted by Gasteiger charge is 2.16. The fourth-order valence-corrected chi connectivity index (χ4v) is 3.02. The molecule has 2 rings (SSSR count). The fourth-order valence-electron chi connectivity index (χ4n) is 2.14. The molecule has 2 aromatic rings. The van der Waals surface area contributed by atoms with Gasteiger partial charge in [-0.1, -0.05) is 30.0 Å². The molecule has 118 valence electrons. The molecule has 1 amide bonds. The highest BCUT2D eigenvalue weighted by molar-refractivity contribution is 7.99. The van der Waals surface area contributed by atoms with Crippen LogP contribution in [0.3, 0.4) is 0 Å². The van der Waals surface area contributed by atoms with Gasteiger partial charge in [-0.05, 0) is 32.0 Å². The molecule has 1 aromatic carbocycles. The quantitative estimate of drug-likeness (QED) is 0.602. The first-order valence-corrected chi connectivity index (χ1v) is 8.26. The fraction of sp³-hybridized carbons (Fsp3) is 0.294. The lowest BCUT2D eigenvalue weighted by atomic mass is 10.2. The summed E-state index contributed by atoms with van der Waals surface area (Å²) < 4.78 is 0. The minimum absolute atomic E-state index is 0.0367. The Morgan fingerprint density at radius 2 is 2.00 bits per heavy atom. The molecule has 1 heterocycles. The number of aromatic nitrogens is 2. The molecule has 1 aromatic heterocycles. The maximum absolute atomic E-state index is 12.5. The molecule has 23 heavy (non-hydrogen) atoms. The highest BCUT2D eigenvalue weighted by atomic mass is 32.2. The molecule has 0 unspecified atom stereocenters. The van der Waals surface area contributed by atoms with Crippen molar-refractivity contribution in [2.75, 3.05) is 17.2 Å². The minimum Gasteiger partial charge on any atom is -0.311 e. The maximum atomic E-state index is 12.5. The van der Waals surface area contributed by atoms with Crippen LogP contribution in [0.25, 0.3) is 0 Å². The first kappa shape index (κ1) is 17.0. The average Bonchev–Trinajstić information content (AvgIpc) is 2.53. The lowest BCUT2D eigenvalue weighted by Crippen LogP contribution is -2.33. The molecule has 0 aliphatic heterocycles. The summed E-state index contributed by atoms with van der Waals surface area (Å²) in [5.74, 6) is 0.936. The van der Waals surface area contributed by atoms with Crippen molar-refractivity contribution in [2.24, 2.45) is 0 Å². The zero-order valence-electron chi connectivity index (χ0n) is 13.2. The summed E-state index contributed by atoms with van der Waals surface area (Å²) in [5, 5.41) is 9.59. The van der Waals surface area contributed by atoms with E-state index in [0.29, 0.717) is 18.8 Å². The van der Waals surface area contributed by atoms with Gasteiger partial charge >= 0.3 is 0 Å². The number of rotatable bonds is 6. The molecule has 0 bridgehead atoms. The van der Waals surface area contributed by atoms with Crippen molar-refractivity contribution in [3.8, 4) is 6.07 Å². The predicted octanol–water partition coefficient (Wildman–Crippen LogP) is 3.13. The van der Waals surface area contributed by atoms with Crippen LogP contribution in [0.2, 0.25) is 0 Å². The van der Waals surface area contributed by atoms with Crippen LogP contribution in [0.5, 0.6) is 0 Å². The average molecular weight is 326 g/mol. The van der Waals surface area contributed by atoms with Crippen molar-refractivity contribution in [3.05, 3.63) is 47.9 Å². The van der Waals surface area contributed by atoms with Gasteiger partial charge in [-0.2, -0.15) is 5.26 Å². The van der Waals surface area contributed by atoms with E-state index in [1.807, 2.05) is 50.2 Å². The van der Waals surface area contributed by atoms with Crippen LogP contribution >= 0.6 is 11.8 Å². The Kier molecular flexibility index (Phi) is 6.12.